The van der Waals surface area contributed by atoms with E-state index in [-0.39, 0.29) is 18.9 Å². The van der Waals surface area contributed by atoms with Crippen LogP contribution in [0.2, 0.25) is 0 Å². The number of hydrogen-bond donors (Lipinski definition) is 12. The minimum atomic E-state index is -1.97. The van der Waals surface area contributed by atoms with Crippen LogP contribution in [-0.4, -0.2) is 193 Å². The molecule has 3 saturated heterocycles. The Morgan fingerprint density at radius 1 is 0.537 bits per heavy atom. The molecule has 3 heterocycles. The Kier molecular flexibility index (Phi) is 30.0. The SMILES string of the molecule is CCCCCC/C=C\C/C=C\CCCCCCCC(=O)NC(COC1OC(CO)C(OC2OC(CO)C(OC3OC(CO)C(O)C(O)C3O)C(O)C2O)C(O)C1O)C(O)CCCCCCCC. The molecular formula is C48H87NO18. The van der Waals surface area contributed by atoms with Crippen LogP contribution in [0.15, 0.2) is 24.3 Å². The number of amides is 1. The Labute approximate surface area is 397 Å². The molecule has 3 rings (SSSR count). The number of hydrogen-bond acceptors (Lipinski definition) is 18. The van der Waals surface area contributed by atoms with Gasteiger partial charge in [-0.25, -0.2) is 0 Å². The standard InChI is InChI=1S/C48H87NO18/c1-3-5-7-9-11-12-13-14-15-16-17-18-19-20-22-24-26-36(54)49-31(32(53)25-23-21-10-8-6-4-2)30-62-46-42(60)39(57)44(34(28-51)64-46)67-48-43(61)40(58)45(35(29-52)65-48)66-47-41(59)38(56)37(55)33(27-50)63-47/h12-13,15-16,31-35,37-48,50-53,55-61H,3-11,14,17-30H2,1-2H3,(H,49,54)/b13-12-,16-15-. The normalized spacial score (nSPS) is 33.7. The largest absolute Gasteiger partial charge is 0.394 e. The van der Waals surface area contributed by atoms with Crippen LogP contribution in [0.4, 0.5) is 0 Å². The number of unbranched alkanes of at least 4 members (excludes halogenated alkanes) is 14. The molecule has 0 aromatic carbocycles. The molecule has 17 unspecified atom stereocenters. The third kappa shape index (κ3) is 20.1. The van der Waals surface area contributed by atoms with Gasteiger partial charge in [0.1, 0.15) is 73.2 Å². The van der Waals surface area contributed by atoms with E-state index in [2.05, 4.69) is 43.5 Å². The molecule has 3 fully saturated rings. The molecule has 19 heteroatoms. The van der Waals surface area contributed by atoms with E-state index >= 15 is 0 Å². The van der Waals surface area contributed by atoms with Crippen molar-refractivity contribution in [3.63, 3.8) is 0 Å². The summed E-state index contributed by atoms with van der Waals surface area (Å²) in [7, 11) is 0. The highest BCUT2D eigenvalue weighted by Gasteiger charge is 2.53. The Morgan fingerprint density at radius 2 is 0.985 bits per heavy atom. The highest BCUT2D eigenvalue weighted by molar-refractivity contribution is 5.76. The predicted octanol–water partition coefficient (Wildman–Crippen LogP) is 1.25. The summed E-state index contributed by atoms with van der Waals surface area (Å²) >= 11 is 0. The van der Waals surface area contributed by atoms with Crippen molar-refractivity contribution in [3.05, 3.63) is 24.3 Å². The van der Waals surface area contributed by atoms with E-state index in [9.17, 15) is 61.0 Å². The molecule has 0 bridgehead atoms. The molecule has 1 amide bonds. The second-order valence-electron chi connectivity index (χ2n) is 18.3. The van der Waals surface area contributed by atoms with Gasteiger partial charge < -0.3 is 89.9 Å². The van der Waals surface area contributed by atoms with Gasteiger partial charge in [-0.05, 0) is 44.9 Å². The van der Waals surface area contributed by atoms with Crippen molar-refractivity contribution in [2.24, 2.45) is 0 Å². The minimum absolute atomic E-state index is 0.249. The van der Waals surface area contributed by atoms with E-state index in [0.717, 1.165) is 83.5 Å². The van der Waals surface area contributed by atoms with Gasteiger partial charge in [0.2, 0.25) is 5.91 Å². The summed E-state index contributed by atoms with van der Waals surface area (Å²) in [4.78, 5) is 13.1. The van der Waals surface area contributed by atoms with Gasteiger partial charge in [-0.15, -0.1) is 0 Å². The second-order valence-corrected chi connectivity index (χ2v) is 18.3. The van der Waals surface area contributed by atoms with Crippen LogP contribution in [0.5, 0.6) is 0 Å². The third-order valence-electron chi connectivity index (χ3n) is 12.8. The van der Waals surface area contributed by atoms with E-state index in [1.807, 2.05) is 0 Å². The lowest BCUT2D eigenvalue weighted by molar-refractivity contribution is -0.379. The lowest BCUT2D eigenvalue weighted by Gasteiger charge is -2.48. The maximum absolute atomic E-state index is 13.1. The van der Waals surface area contributed by atoms with E-state index in [1.54, 1.807) is 0 Å². The van der Waals surface area contributed by atoms with Crippen LogP contribution >= 0.6 is 0 Å². The van der Waals surface area contributed by atoms with Gasteiger partial charge in [-0.3, -0.25) is 4.79 Å². The molecular weight excluding hydrogens is 879 g/mol. The number of ether oxygens (including phenoxy) is 6. The van der Waals surface area contributed by atoms with E-state index in [0.29, 0.717) is 12.8 Å². The van der Waals surface area contributed by atoms with E-state index in [4.69, 9.17) is 28.4 Å². The van der Waals surface area contributed by atoms with Crippen LogP contribution in [0.3, 0.4) is 0 Å². The highest BCUT2D eigenvalue weighted by Crippen LogP contribution is 2.33. The number of carbonyl (C=O) groups excluding carboxylic acids is 1. The fraction of sp³-hybridized carbons (Fsp3) is 0.896. The smallest absolute Gasteiger partial charge is 0.220 e. The molecule has 0 radical (unpaired) electrons. The molecule has 19 nitrogen and oxygen atoms in total. The second kappa shape index (κ2) is 33.8. The van der Waals surface area contributed by atoms with Crippen LogP contribution < -0.4 is 5.32 Å². The molecule has 0 aromatic rings. The zero-order valence-corrected chi connectivity index (χ0v) is 39.9. The van der Waals surface area contributed by atoms with Crippen molar-refractivity contribution < 1.29 is 89.4 Å². The van der Waals surface area contributed by atoms with Gasteiger partial charge in [0.15, 0.2) is 18.9 Å². The van der Waals surface area contributed by atoms with Gasteiger partial charge in [-0.2, -0.15) is 0 Å². The topological polar surface area (TPSA) is 307 Å². The zero-order chi connectivity index (χ0) is 49.1. The number of nitrogens with one attached hydrogen (secondary N) is 1. The van der Waals surface area contributed by atoms with Crippen molar-refractivity contribution in [1.29, 1.82) is 0 Å². The average Bonchev–Trinajstić information content (AvgIpc) is 3.32. The maximum atomic E-state index is 13.1. The summed E-state index contributed by atoms with van der Waals surface area (Å²) in [5.41, 5.74) is 0. The zero-order valence-electron chi connectivity index (χ0n) is 39.9. The maximum Gasteiger partial charge on any atom is 0.220 e. The number of allylic oxidation sites excluding steroid dienone is 4. The first-order valence-corrected chi connectivity index (χ1v) is 25.1. The highest BCUT2D eigenvalue weighted by atomic mass is 16.8. The summed E-state index contributed by atoms with van der Waals surface area (Å²) in [6.07, 6.45) is 1.93. The lowest BCUT2D eigenvalue weighted by Crippen LogP contribution is -2.66. The van der Waals surface area contributed by atoms with Crippen LogP contribution in [0.1, 0.15) is 142 Å². The summed E-state index contributed by atoms with van der Waals surface area (Å²) < 4.78 is 34.0. The molecule has 67 heavy (non-hydrogen) atoms. The lowest BCUT2D eigenvalue weighted by atomic mass is 9.96. The van der Waals surface area contributed by atoms with Crippen molar-refractivity contribution in [1.82, 2.24) is 5.32 Å². The summed E-state index contributed by atoms with van der Waals surface area (Å²) in [5.74, 6) is -0.265. The molecule has 0 aliphatic carbocycles. The van der Waals surface area contributed by atoms with Crippen LogP contribution in [0.25, 0.3) is 0 Å². The molecule has 0 aromatic heterocycles. The first kappa shape index (κ1) is 59.6. The number of carbonyl (C=O) groups is 1. The van der Waals surface area contributed by atoms with Crippen molar-refractivity contribution in [3.8, 4) is 0 Å². The molecule has 17 atom stereocenters. The molecule has 0 spiro atoms. The van der Waals surface area contributed by atoms with Crippen LogP contribution in [-0.2, 0) is 33.2 Å². The summed E-state index contributed by atoms with van der Waals surface area (Å²) in [6.45, 7) is 1.64. The van der Waals surface area contributed by atoms with Crippen LogP contribution in [0, 0.1) is 0 Å². The van der Waals surface area contributed by atoms with Crippen molar-refractivity contribution in [2.75, 3.05) is 26.4 Å². The van der Waals surface area contributed by atoms with Gasteiger partial charge in [-0.1, -0.05) is 115 Å². The molecule has 12 N–H and O–H groups in total. The molecule has 3 aliphatic rings. The first-order valence-electron chi connectivity index (χ1n) is 25.1. The Bertz CT molecular complexity index is 1340. The summed E-state index contributed by atoms with van der Waals surface area (Å²) in [5, 5.41) is 119. The third-order valence-corrected chi connectivity index (χ3v) is 12.8. The minimum Gasteiger partial charge on any atom is -0.394 e. The van der Waals surface area contributed by atoms with E-state index in [1.165, 1.54) is 25.7 Å². The molecule has 0 saturated carbocycles. The molecule has 3 aliphatic heterocycles. The fourth-order valence-electron chi connectivity index (χ4n) is 8.52. The number of aliphatic hydroxyl groups excluding tert-OH is 11. The number of aliphatic hydroxyl groups is 11. The Morgan fingerprint density at radius 3 is 1.54 bits per heavy atom. The quantitative estimate of drug-likeness (QED) is 0.0319. The average molecular weight is 966 g/mol. The molecule has 392 valence electrons. The van der Waals surface area contributed by atoms with Gasteiger partial charge in [0.05, 0.1) is 38.6 Å². The fourth-order valence-corrected chi connectivity index (χ4v) is 8.52. The first-order chi connectivity index (χ1) is 32.3. The number of rotatable bonds is 34. The Balaban J connectivity index is 1.52. The van der Waals surface area contributed by atoms with Crippen molar-refractivity contribution >= 4 is 5.91 Å². The van der Waals surface area contributed by atoms with Gasteiger partial charge in [0.25, 0.3) is 0 Å². The Hall–Kier alpha value is -1.73. The van der Waals surface area contributed by atoms with Crippen molar-refractivity contribution in [2.45, 2.75) is 247 Å². The summed E-state index contributed by atoms with van der Waals surface area (Å²) in [6, 6.07) is -0.888. The van der Waals surface area contributed by atoms with Gasteiger partial charge >= 0.3 is 0 Å². The predicted molar refractivity (Wildman–Crippen MR) is 245 cm³/mol. The van der Waals surface area contributed by atoms with Gasteiger partial charge in [0, 0.05) is 6.42 Å². The van der Waals surface area contributed by atoms with E-state index < -0.39 is 124 Å². The monoisotopic (exact) mass is 966 g/mol.